The van der Waals surface area contributed by atoms with Crippen molar-refractivity contribution in [2.45, 2.75) is 33.9 Å². The van der Waals surface area contributed by atoms with Gasteiger partial charge in [-0.1, -0.05) is 44.2 Å². The van der Waals surface area contributed by atoms with Gasteiger partial charge in [-0.05, 0) is 29.9 Å². The Morgan fingerprint density at radius 1 is 1.26 bits per heavy atom. The van der Waals surface area contributed by atoms with E-state index in [0.29, 0.717) is 19.6 Å². The first-order chi connectivity index (χ1) is 12.9. The molecule has 142 valence electrons. The van der Waals surface area contributed by atoms with Gasteiger partial charge in [0.1, 0.15) is 4.88 Å². The summed E-state index contributed by atoms with van der Waals surface area (Å²) in [4.78, 5) is 42.6. The monoisotopic (exact) mass is 386 g/mol. The normalized spacial score (nSPS) is 11.3. The van der Waals surface area contributed by atoms with Gasteiger partial charge in [-0.3, -0.25) is 14.2 Å². The van der Waals surface area contributed by atoms with E-state index in [-0.39, 0.29) is 27.7 Å². The largest absolute Gasteiger partial charge is 0.334 e. The van der Waals surface area contributed by atoms with Gasteiger partial charge >= 0.3 is 5.69 Å². The quantitative estimate of drug-likeness (QED) is 0.705. The number of amides is 1. The van der Waals surface area contributed by atoms with Gasteiger partial charge in [-0.25, -0.2) is 4.79 Å². The van der Waals surface area contributed by atoms with Gasteiger partial charge in [0.05, 0.1) is 5.52 Å². The average molecular weight is 386 g/mol. The summed E-state index contributed by atoms with van der Waals surface area (Å²) in [5.74, 6) is -0.104. The molecular formula is C19H22N4O3S. The summed E-state index contributed by atoms with van der Waals surface area (Å²) < 4.78 is 5.30. The summed E-state index contributed by atoms with van der Waals surface area (Å²) in [7, 11) is 0. The van der Waals surface area contributed by atoms with Crippen molar-refractivity contribution < 1.29 is 4.79 Å². The van der Waals surface area contributed by atoms with Crippen molar-refractivity contribution >= 4 is 28.5 Å². The highest BCUT2D eigenvalue weighted by atomic mass is 32.1. The van der Waals surface area contributed by atoms with Crippen LogP contribution in [0.2, 0.25) is 0 Å². The number of aromatic nitrogens is 3. The van der Waals surface area contributed by atoms with Gasteiger partial charge in [0.2, 0.25) is 0 Å². The lowest BCUT2D eigenvalue weighted by molar-refractivity contribution is 0.0759. The summed E-state index contributed by atoms with van der Waals surface area (Å²) in [5.41, 5.74) is 0.408. The van der Waals surface area contributed by atoms with Crippen molar-refractivity contribution in [2.75, 3.05) is 6.54 Å². The zero-order chi connectivity index (χ0) is 19.6. The molecule has 0 spiro atoms. The summed E-state index contributed by atoms with van der Waals surface area (Å²) in [6.45, 7) is 7.00. The van der Waals surface area contributed by atoms with E-state index in [9.17, 15) is 14.4 Å². The summed E-state index contributed by atoms with van der Waals surface area (Å²) >= 11 is 0.951. The Kier molecular flexibility index (Phi) is 5.55. The Labute approximate surface area is 160 Å². The second-order valence-electron chi connectivity index (χ2n) is 6.78. The molecule has 0 bridgehead atoms. The van der Waals surface area contributed by atoms with Crippen LogP contribution < -0.4 is 11.2 Å². The topological polar surface area (TPSA) is 88.1 Å². The molecule has 0 aliphatic heterocycles. The van der Waals surface area contributed by atoms with Crippen LogP contribution in [0.4, 0.5) is 0 Å². The van der Waals surface area contributed by atoms with E-state index in [1.807, 2.05) is 51.1 Å². The molecule has 3 aromatic rings. The molecule has 0 aliphatic carbocycles. The second-order valence-corrected chi connectivity index (χ2v) is 7.55. The van der Waals surface area contributed by atoms with Gasteiger partial charge in [0, 0.05) is 19.6 Å². The van der Waals surface area contributed by atoms with E-state index in [4.69, 9.17) is 0 Å². The van der Waals surface area contributed by atoms with Crippen LogP contribution in [0, 0.1) is 5.92 Å². The van der Waals surface area contributed by atoms with E-state index in [1.165, 1.54) is 0 Å². The van der Waals surface area contributed by atoms with Gasteiger partial charge < -0.3 is 9.88 Å². The van der Waals surface area contributed by atoms with Crippen molar-refractivity contribution in [3.8, 4) is 0 Å². The third-order valence-electron chi connectivity index (χ3n) is 4.24. The van der Waals surface area contributed by atoms with E-state index >= 15 is 0 Å². The van der Waals surface area contributed by atoms with Crippen LogP contribution >= 0.6 is 11.5 Å². The van der Waals surface area contributed by atoms with Crippen molar-refractivity contribution in [1.29, 1.82) is 0 Å². The number of rotatable bonds is 6. The Morgan fingerprint density at radius 3 is 2.59 bits per heavy atom. The molecule has 1 aromatic carbocycles. The zero-order valence-corrected chi connectivity index (χ0v) is 16.4. The molecule has 0 saturated heterocycles. The molecule has 3 rings (SSSR count). The van der Waals surface area contributed by atoms with Gasteiger partial charge in [-0.2, -0.15) is 4.37 Å². The fraction of sp³-hybridized carbons (Fsp3) is 0.368. The molecule has 2 aromatic heterocycles. The van der Waals surface area contributed by atoms with Crippen molar-refractivity contribution in [1.82, 2.24) is 18.8 Å². The third kappa shape index (κ3) is 3.85. The maximum Gasteiger partial charge on any atom is 0.328 e. The Hall–Kier alpha value is -2.74. The highest BCUT2D eigenvalue weighted by molar-refractivity contribution is 7.09. The number of benzene rings is 1. The van der Waals surface area contributed by atoms with E-state index < -0.39 is 11.2 Å². The number of carbonyl (C=O) groups is 1. The molecule has 7 nitrogen and oxygen atoms in total. The van der Waals surface area contributed by atoms with Crippen molar-refractivity contribution in [2.24, 2.45) is 5.92 Å². The van der Waals surface area contributed by atoms with Crippen LogP contribution in [0.15, 0.2) is 39.9 Å². The number of hydrogen-bond donors (Lipinski definition) is 1. The smallest absolute Gasteiger partial charge is 0.328 e. The lowest BCUT2D eigenvalue weighted by Gasteiger charge is -2.20. The Balaban J connectivity index is 2.00. The molecule has 27 heavy (non-hydrogen) atoms. The first-order valence-corrected chi connectivity index (χ1v) is 9.65. The number of H-pyrrole nitrogens is 1. The fourth-order valence-electron chi connectivity index (χ4n) is 2.90. The lowest BCUT2D eigenvalue weighted by atomic mass is 10.2. The molecule has 1 amide bonds. The molecule has 1 N–H and O–H groups in total. The standard InChI is InChI=1S/C19H22N4O3S/c1-4-22(11-13-8-6-5-7-9-13)18(25)16-14-15(21-27-16)17(24)23(10-12(2)3)19(26)20-14/h5-9,12H,4,10-11H2,1-3H3,(H,20,26). The first kappa shape index (κ1) is 19.0. The Morgan fingerprint density at radius 2 is 1.96 bits per heavy atom. The first-order valence-electron chi connectivity index (χ1n) is 8.88. The van der Waals surface area contributed by atoms with Crippen LogP contribution in [-0.2, 0) is 13.1 Å². The van der Waals surface area contributed by atoms with Gasteiger partial charge in [0.25, 0.3) is 11.5 Å². The summed E-state index contributed by atoms with van der Waals surface area (Å²) in [6.07, 6.45) is 0. The van der Waals surface area contributed by atoms with Crippen LogP contribution in [0.25, 0.3) is 11.0 Å². The maximum absolute atomic E-state index is 13.0. The minimum absolute atomic E-state index is 0.138. The second kappa shape index (κ2) is 7.87. The molecule has 2 heterocycles. The average Bonchev–Trinajstić information content (AvgIpc) is 3.07. The fourth-order valence-corrected chi connectivity index (χ4v) is 3.70. The number of hydrogen-bond acceptors (Lipinski definition) is 5. The minimum Gasteiger partial charge on any atom is -0.334 e. The van der Waals surface area contributed by atoms with Crippen LogP contribution in [0.3, 0.4) is 0 Å². The number of aromatic amines is 1. The van der Waals surface area contributed by atoms with E-state index in [2.05, 4.69) is 9.36 Å². The predicted octanol–water partition coefficient (Wildman–Crippen LogP) is 2.46. The SMILES string of the molecule is CCN(Cc1ccccc1)C(=O)c1snc2c(=O)n(CC(C)C)c(=O)[nH]c12. The molecular weight excluding hydrogens is 364 g/mol. The van der Waals surface area contributed by atoms with Gasteiger partial charge in [-0.15, -0.1) is 0 Å². The van der Waals surface area contributed by atoms with E-state index in [1.54, 1.807) is 4.90 Å². The number of carbonyl (C=O) groups excluding carboxylic acids is 1. The molecule has 0 radical (unpaired) electrons. The number of nitrogens with one attached hydrogen (secondary N) is 1. The predicted molar refractivity (Wildman–Crippen MR) is 106 cm³/mol. The van der Waals surface area contributed by atoms with Crippen molar-refractivity contribution in [3.05, 3.63) is 61.6 Å². The minimum atomic E-state index is -0.512. The highest BCUT2D eigenvalue weighted by Crippen LogP contribution is 2.20. The number of fused-ring (bicyclic) bond motifs is 1. The molecule has 0 atom stereocenters. The summed E-state index contributed by atoms with van der Waals surface area (Å²) in [5, 5.41) is 0. The maximum atomic E-state index is 13.0. The molecule has 8 heteroatoms. The highest BCUT2D eigenvalue weighted by Gasteiger charge is 2.23. The molecule has 0 aliphatic rings. The molecule has 0 saturated carbocycles. The zero-order valence-electron chi connectivity index (χ0n) is 15.6. The molecule has 0 fully saturated rings. The van der Waals surface area contributed by atoms with Gasteiger partial charge in [0.15, 0.2) is 5.52 Å². The molecule has 0 unspecified atom stereocenters. The van der Waals surface area contributed by atoms with Crippen LogP contribution in [-0.4, -0.2) is 31.3 Å². The third-order valence-corrected chi connectivity index (χ3v) is 5.08. The van der Waals surface area contributed by atoms with E-state index in [0.717, 1.165) is 21.7 Å². The van der Waals surface area contributed by atoms with Crippen LogP contribution in [0.1, 0.15) is 36.0 Å². The van der Waals surface area contributed by atoms with Crippen molar-refractivity contribution in [3.63, 3.8) is 0 Å². The summed E-state index contributed by atoms with van der Waals surface area (Å²) in [6, 6.07) is 9.67. The van der Waals surface area contributed by atoms with Crippen LogP contribution in [0.5, 0.6) is 0 Å². The Bertz CT molecular complexity index is 1070. The number of nitrogens with zero attached hydrogens (tertiary/aromatic N) is 3. The lowest BCUT2D eigenvalue weighted by Crippen LogP contribution is -2.37.